The van der Waals surface area contributed by atoms with Crippen molar-refractivity contribution in [2.24, 2.45) is 11.8 Å². The van der Waals surface area contributed by atoms with Crippen LogP contribution in [-0.2, 0) is 19.0 Å². The predicted molar refractivity (Wildman–Crippen MR) is 78.9 cm³/mol. The van der Waals surface area contributed by atoms with Crippen LogP contribution in [0.5, 0.6) is 0 Å². The Morgan fingerprint density at radius 3 is 2.43 bits per heavy atom. The molecule has 2 heterocycles. The third-order valence-corrected chi connectivity index (χ3v) is 5.73. The number of esters is 1. The first kappa shape index (κ1) is 15.3. The molecule has 0 amide bonds. The zero-order valence-electron chi connectivity index (χ0n) is 13.8. The average Bonchev–Trinajstić information content (AvgIpc) is 3.21. The van der Waals surface area contributed by atoms with E-state index in [1.807, 2.05) is 0 Å². The van der Waals surface area contributed by atoms with Gasteiger partial charge in [0, 0.05) is 12.8 Å². The summed E-state index contributed by atoms with van der Waals surface area (Å²) in [6.07, 6.45) is 4.42. The molecule has 3 aliphatic rings. The molecule has 0 unspecified atom stereocenters. The Balaban J connectivity index is 1.82. The summed E-state index contributed by atoms with van der Waals surface area (Å²) in [5.74, 6) is 0.593. The topological polar surface area (TPSA) is 51.4 Å². The van der Waals surface area contributed by atoms with Crippen LogP contribution in [-0.4, -0.2) is 35.5 Å². The average molecular weight is 296 g/mol. The van der Waals surface area contributed by atoms with E-state index in [4.69, 9.17) is 14.2 Å². The highest BCUT2D eigenvalue weighted by Gasteiger charge is 2.62. The second-order valence-electron chi connectivity index (χ2n) is 7.83. The molecule has 0 N–H and O–H groups in total. The van der Waals surface area contributed by atoms with Crippen molar-refractivity contribution in [3.63, 3.8) is 0 Å². The smallest absolute Gasteiger partial charge is 0.303 e. The zero-order valence-corrected chi connectivity index (χ0v) is 13.8. The largest absolute Gasteiger partial charge is 0.459 e. The summed E-state index contributed by atoms with van der Waals surface area (Å²) in [7, 11) is 0. The summed E-state index contributed by atoms with van der Waals surface area (Å²) in [6.45, 7) is 10.3. The summed E-state index contributed by atoms with van der Waals surface area (Å²) in [5.41, 5.74) is -0.108. The van der Waals surface area contributed by atoms with Crippen molar-refractivity contribution in [2.75, 3.05) is 0 Å². The van der Waals surface area contributed by atoms with E-state index >= 15 is 0 Å². The molecule has 21 heavy (non-hydrogen) atoms. The molecule has 0 spiro atoms. The molecule has 0 radical (unpaired) electrons. The summed E-state index contributed by atoms with van der Waals surface area (Å²) in [5, 5.41) is 0. The van der Waals surface area contributed by atoms with Gasteiger partial charge < -0.3 is 14.2 Å². The van der Waals surface area contributed by atoms with E-state index in [2.05, 4.69) is 27.7 Å². The van der Waals surface area contributed by atoms with Crippen molar-refractivity contribution in [1.82, 2.24) is 0 Å². The Morgan fingerprint density at radius 1 is 1.14 bits per heavy atom. The number of hydrogen-bond donors (Lipinski definition) is 0. The highest BCUT2D eigenvalue weighted by molar-refractivity contribution is 5.66. The summed E-state index contributed by atoms with van der Waals surface area (Å²) < 4.78 is 17.6. The maximum atomic E-state index is 11.5. The lowest BCUT2D eigenvalue weighted by atomic mass is 9.78. The minimum absolute atomic E-state index is 0.0337. The standard InChI is InChI=1S/C17H28O4/c1-10(2)12-6-8-16(4)13(20-16)7-9-17(5)15(21-17)14(12)19-11(3)18/h10,12-15H,6-9H2,1-5H3/t12-,13-,14+,15-,16-,17-/m0/s1. The fourth-order valence-electron chi connectivity index (χ4n) is 4.06. The van der Waals surface area contributed by atoms with Crippen molar-refractivity contribution in [2.45, 2.75) is 89.8 Å². The Kier molecular flexibility index (Phi) is 3.61. The molecule has 0 aromatic rings. The minimum atomic E-state index is -0.202. The fraction of sp³-hybridized carbons (Fsp3) is 0.941. The van der Waals surface area contributed by atoms with Crippen LogP contribution in [0, 0.1) is 11.8 Å². The lowest BCUT2D eigenvalue weighted by Gasteiger charge is -2.30. The van der Waals surface area contributed by atoms with Crippen LogP contribution in [0.4, 0.5) is 0 Å². The lowest BCUT2D eigenvalue weighted by molar-refractivity contribution is -0.151. The Hall–Kier alpha value is -0.610. The van der Waals surface area contributed by atoms with E-state index in [0.717, 1.165) is 25.7 Å². The predicted octanol–water partition coefficient (Wildman–Crippen LogP) is 3.08. The lowest BCUT2D eigenvalue weighted by Crippen LogP contribution is -2.38. The molecular weight excluding hydrogens is 268 g/mol. The van der Waals surface area contributed by atoms with Crippen LogP contribution in [0.15, 0.2) is 0 Å². The fourth-order valence-corrected chi connectivity index (χ4v) is 4.06. The Morgan fingerprint density at radius 2 is 1.81 bits per heavy atom. The van der Waals surface area contributed by atoms with E-state index in [1.54, 1.807) is 0 Å². The van der Waals surface area contributed by atoms with Gasteiger partial charge in [-0.25, -0.2) is 0 Å². The third-order valence-electron chi connectivity index (χ3n) is 5.73. The van der Waals surface area contributed by atoms with Gasteiger partial charge in [-0.05, 0) is 45.4 Å². The van der Waals surface area contributed by atoms with Crippen molar-refractivity contribution in [1.29, 1.82) is 0 Å². The SMILES string of the molecule is CC(=O)O[C@@H]1[C@H](C(C)C)CC[C@]2(C)O[C@H]2CC[C@]2(C)O[C@@H]12. The molecule has 4 heteroatoms. The highest BCUT2D eigenvalue weighted by Crippen LogP contribution is 2.53. The van der Waals surface area contributed by atoms with Gasteiger partial charge in [0.15, 0.2) is 0 Å². The first-order chi connectivity index (χ1) is 9.75. The Labute approximate surface area is 127 Å². The minimum Gasteiger partial charge on any atom is -0.459 e. The van der Waals surface area contributed by atoms with Crippen LogP contribution in [0.25, 0.3) is 0 Å². The molecule has 0 aromatic carbocycles. The van der Waals surface area contributed by atoms with Gasteiger partial charge in [0.05, 0.1) is 17.3 Å². The first-order valence-electron chi connectivity index (χ1n) is 8.28. The van der Waals surface area contributed by atoms with Gasteiger partial charge in [0.2, 0.25) is 0 Å². The Bertz CT molecular complexity index is 435. The number of carbonyl (C=O) groups excluding carboxylic acids is 1. The molecule has 0 bridgehead atoms. The van der Waals surface area contributed by atoms with Crippen molar-refractivity contribution < 1.29 is 19.0 Å². The quantitative estimate of drug-likeness (QED) is 0.580. The van der Waals surface area contributed by atoms with E-state index in [1.165, 1.54) is 6.92 Å². The summed E-state index contributed by atoms with van der Waals surface area (Å²) in [4.78, 5) is 11.5. The van der Waals surface area contributed by atoms with Gasteiger partial charge in [0.25, 0.3) is 0 Å². The van der Waals surface area contributed by atoms with Crippen LogP contribution in [0.1, 0.15) is 60.3 Å². The highest BCUT2D eigenvalue weighted by atomic mass is 16.6. The second-order valence-corrected chi connectivity index (χ2v) is 7.83. The maximum absolute atomic E-state index is 11.5. The second kappa shape index (κ2) is 4.95. The van der Waals surface area contributed by atoms with Crippen molar-refractivity contribution in [3.8, 4) is 0 Å². The number of carbonyl (C=O) groups is 1. The molecule has 1 aliphatic carbocycles. The van der Waals surface area contributed by atoms with Crippen LogP contribution in [0.3, 0.4) is 0 Å². The molecular formula is C17H28O4. The molecule has 3 rings (SSSR count). The van der Waals surface area contributed by atoms with Gasteiger partial charge in [-0.15, -0.1) is 0 Å². The normalized spacial score (nSPS) is 49.0. The van der Waals surface area contributed by atoms with Gasteiger partial charge >= 0.3 is 5.97 Å². The molecule has 120 valence electrons. The molecule has 0 aromatic heterocycles. The summed E-state index contributed by atoms with van der Waals surface area (Å²) in [6, 6.07) is 0. The number of fused-ring (bicyclic) bond motifs is 2. The van der Waals surface area contributed by atoms with Crippen molar-refractivity contribution >= 4 is 5.97 Å². The van der Waals surface area contributed by atoms with Crippen LogP contribution in [0.2, 0.25) is 0 Å². The molecule has 2 aliphatic heterocycles. The van der Waals surface area contributed by atoms with E-state index in [9.17, 15) is 4.79 Å². The van der Waals surface area contributed by atoms with Crippen molar-refractivity contribution in [3.05, 3.63) is 0 Å². The van der Waals surface area contributed by atoms with Crippen LogP contribution < -0.4 is 0 Å². The molecule has 4 nitrogen and oxygen atoms in total. The maximum Gasteiger partial charge on any atom is 0.303 e. The van der Waals surface area contributed by atoms with Gasteiger partial charge in [-0.2, -0.15) is 0 Å². The number of rotatable bonds is 2. The molecule has 6 atom stereocenters. The number of ether oxygens (including phenoxy) is 3. The molecule has 3 fully saturated rings. The third kappa shape index (κ3) is 2.85. The molecule has 1 saturated carbocycles. The van der Waals surface area contributed by atoms with E-state index < -0.39 is 0 Å². The number of epoxide rings is 2. The molecule has 2 saturated heterocycles. The van der Waals surface area contributed by atoms with Gasteiger partial charge in [-0.3, -0.25) is 4.79 Å². The van der Waals surface area contributed by atoms with E-state index in [0.29, 0.717) is 17.9 Å². The zero-order chi connectivity index (χ0) is 15.4. The summed E-state index contributed by atoms with van der Waals surface area (Å²) >= 11 is 0. The van der Waals surface area contributed by atoms with E-state index in [-0.39, 0.29) is 29.4 Å². The monoisotopic (exact) mass is 296 g/mol. The first-order valence-corrected chi connectivity index (χ1v) is 8.28. The van der Waals surface area contributed by atoms with Crippen LogP contribution >= 0.6 is 0 Å². The van der Waals surface area contributed by atoms with Gasteiger partial charge in [-0.1, -0.05) is 13.8 Å². The van der Waals surface area contributed by atoms with Gasteiger partial charge in [0.1, 0.15) is 12.2 Å². The number of hydrogen-bond acceptors (Lipinski definition) is 4.